The standard InChI is InChI=1S/C15H24N2O4/c1-15(2,3)21-14(20)17-7-5-4-6-11(17)9-16-10-12(18)8-13(16)19/h11H,4-10H2,1-3H3. The maximum absolute atomic E-state index is 12.3. The molecule has 2 rings (SSSR count). The third-order valence-corrected chi connectivity index (χ3v) is 3.75. The first-order chi connectivity index (χ1) is 9.76. The van der Waals surface area contributed by atoms with Gasteiger partial charge in [-0.3, -0.25) is 9.59 Å². The Labute approximate surface area is 125 Å². The predicted octanol–water partition coefficient (Wildman–Crippen LogP) is 1.58. The van der Waals surface area contributed by atoms with Gasteiger partial charge in [-0.1, -0.05) is 0 Å². The van der Waals surface area contributed by atoms with E-state index in [2.05, 4.69) is 0 Å². The molecule has 1 atom stereocenters. The average Bonchev–Trinajstić information content (AvgIpc) is 2.66. The summed E-state index contributed by atoms with van der Waals surface area (Å²) in [5.74, 6) is -0.172. The van der Waals surface area contributed by atoms with Crippen LogP contribution in [0.25, 0.3) is 0 Å². The first-order valence-electron chi connectivity index (χ1n) is 7.55. The smallest absolute Gasteiger partial charge is 0.410 e. The minimum absolute atomic E-state index is 0.000836. The Morgan fingerprint density at radius 1 is 1.29 bits per heavy atom. The summed E-state index contributed by atoms with van der Waals surface area (Å²) in [7, 11) is 0. The Balaban J connectivity index is 2.00. The van der Waals surface area contributed by atoms with Crippen LogP contribution in [0.1, 0.15) is 46.5 Å². The SMILES string of the molecule is CC(C)(C)OC(=O)N1CCCCC1CN1CC(=O)CC1=O. The minimum Gasteiger partial charge on any atom is -0.444 e. The summed E-state index contributed by atoms with van der Waals surface area (Å²) >= 11 is 0. The Kier molecular flexibility index (Phi) is 4.54. The van der Waals surface area contributed by atoms with Crippen molar-refractivity contribution in [1.82, 2.24) is 9.80 Å². The molecule has 118 valence electrons. The van der Waals surface area contributed by atoms with Crippen molar-refractivity contribution in [2.24, 2.45) is 0 Å². The van der Waals surface area contributed by atoms with Gasteiger partial charge in [-0.25, -0.2) is 4.79 Å². The van der Waals surface area contributed by atoms with Crippen molar-refractivity contribution in [1.29, 1.82) is 0 Å². The highest BCUT2D eigenvalue weighted by Crippen LogP contribution is 2.22. The van der Waals surface area contributed by atoms with E-state index in [1.165, 1.54) is 0 Å². The number of nitrogens with zero attached hydrogens (tertiary/aromatic N) is 2. The minimum atomic E-state index is -0.529. The zero-order valence-electron chi connectivity index (χ0n) is 13.1. The molecule has 2 amide bonds. The zero-order chi connectivity index (χ0) is 15.6. The third kappa shape index (κ3) is 4.19. The van der Waals surface area contributed by atoms with E-state index in [9.17, 15) is 14.4 Å². The fourth-order valence-electron chi connectivity index (χ4n) is 2.81. The highest BCUT2D eigenvalue weighted by molar-refractivity contribution is 6.05. The molecule has 2 aliphatic rings. The van der Waals surface area contributed by atoms with Crippen LogP contribution in [-0.2, 0) is 14.3 Å². The molecule has 0 spiro atoms. The van der Waals surface area contributed by atoms with Crippen LogP contribution in [0.2, 0.25) is 0 Å². The molecule has 0 aromatic rings. The molecule has 21 heavy (non-hydrogen) atoms. The van der Waals surface area contributed by atoms with Crippen LogP contribution < -0.4 is 0 Å². The quantitative estimate of drug-likeness (QED) is 0.726. The highest BCUT2D eigenvalue weighted by Gasteiger charge is 2.35. The van der Waals surface area contributed by atoms with Crippen LogP contribution in [0.15, 0.2) is 0 Å². The fraction of sp³-hybridized carbons (Fsp3) is 0.800. The summed E-state index contributed by atoms with van der Waals surface area (Å²) in [5.41, 5.74) is -0.529. The highest BCUT2D eigenvalue weighted by atomic mass is 16.6. The van der Waals surface area contributed by atoms with Crippen molar-refractivity contribution in [2.75, 3.05) is 19.6 Å². The molecule has 6 heteroatoms. The summed E-state index contributed by atoms with van der Waals surface area (Å²) in [4.78, 5) is 38.6. The molecule has 0 radical (unpaired) electrons. The number of ketones is 1. The van der Waals surface area contributed by atoms with Crippen LogP contribution in [0, 0.1) is 0 Å². The molecular weight excluding hydrogens is 272 g/mol. The number of amides is 2. The van der Waals surface area contributed by atoms with Crippen molar-refractivity contribution >= 4 is 17.8 Å². The number of likely N-dealkylation sites (tertiary alicyclic amines) is 2. The monoisotopic (exact) mass is 296 g/mol. The van der Waals surface area contributed by atoms with Gasteiger partial charge in [-0.05, 0) is 40.0 Å². The summed E-state index contributed by atoms with van der Waals surface area (Å²) in [6.45, 7) is 6.78. The first kappa shape index (κ1) is 15.8. The number of hydrogen-bond donors (Lipinski definition) is 0. The molecular formula is C15H24N2O4. The van der Waals surface area contributed by atoms with Crippen LogP contribution in [0.5, 0.6) is 0 Å². The number of carbonyl (C=O) groups is 3. The fourth-order valence-corrected chi connectivity index (χ4v) is 2.81. The van der Waals surface area contributed by atoms with E-state index >= 15 is 0 Å². The van der Waals surface area contributed by atoms with Gasteiger partial charge in [0, 0.05) is 13.1 Å². The lowest BCUT2D eigenvalue weighted by molar-refractivity contribution is -0.128. The first-order valence-corrected chi connectivity index (χ1v) is 7.55. The Bertz CT molecular complexity index is 441. The second kappa shape index (κ2) is 6.03. The van der Waals surface area contributed by atoms with Crippen LogP contribution in [0.3, 0.4) is 0 Å². The second-order valence-corrected chi connectivity index (χ2v) is 6.81. The number of Topliss-reactive ketones (excluding diaryl/α,β-unsaturated/α-hetero) is 1. The van der Waals surface area contributed by atoms with E-state index in [4.69, 9.17) is 4.74 Å². The number of rotatable bonds is 2. The molecule has 6 nitrogen and oxygen atoms in total. The molecule has 2 fully saturated rings. The maximum Gasteiger partial charge on any atom is 0.410 e. The van der Waals surface area contributed by atoms with Crippen LogP contribution in [0.4, 0.5) is 4.79 Å². The van der Waals surface area contributed by atoms with Gasteiger partial charge in [0.1, 0.15) is 5.60 Å². The molecule has 1 unspecified atom stereocenters. The number of ether oxygens (including phenoxy) is 1. The van der Waals surface area contributed by atoms with Crippen LogP contribution in [-0.4, -0.2) is 58.9 Å². The van der Waals surface area contributed by atoms with Gasteiger partial charge in [-0.2, -0.15) is 0 Å². The lowest BCUT2D eigenvalue weighted by Crippen LogP contribution is -2.51. The van der Waals surface area contributed by atoms with Crippen molar-refractivity contribution in [3.05, 3.63) is 0 Å². The van der Waals surface area contributed by atoms with Crippen molar-refractivity contribution in [3.63, 3.8) is 0 Å². The van der Waals surface area contributed by atoms with Gasteiger partial charge in [0.25, 0.3) is 0 Å². The molecule has 0 saturated carbocycles. The van der Waals surface area contributed by atoms with E-state index in [1.807, 2.05) is 20.8 Å². The van der Waals surface area contributed by atoms with Gasteiger partial charge < -0.3 is 14.5 Å². The van der Waals surface area contributed by atoms with Crippen molar-refractivity contribution in [2.45, 2.75) is 58.1 Å². The van der Waals surface area contributed by atoms with E-state index in [0.29, 0.717) is 13.1 Å². The molecule has 0 bridgehead atoms. The molecule has 2 aliphatic heterocycles. The third-order valence-electron chi connectivity index (χ3n) is 3.75. The topological polar surface area (TPSA) is 66.9 Å². The Morgan fingerprint density at radius 2 is 2.00 bits per heavy atom. The summed E-state index contributed by atoms with van der Waals surface area (Å²) in [6.07, 6.45) is 2.49. The lowest BCUT2D eigenvalue weighted by Gasteiger charge is -2.38. The normalized spacial score (nSPS) is 23.7. The summed E-state index contributed by atoms with van der Waals surface area (Å²) in [5, 5.41) is 0. The van der Waals surface area contributed by atoms with E-state index < -0.39 is 5.60 Å². The van der Waals surface area contributed by atoms with Crippen LogP contribution >= 0.6 is 0 Å². The van der Waals surface area contributed by atoms with E-state index in [-0.39, 0.29) is 36.8 Å². The zero-order valence-corrected chi connectivity index (χ0v) is 13.1. The largest absolute Gasteiger partial charge is 0.444 e. The van der Waals surface area contributed by atoms with Gasteiger partial charge in [-0.15, -0.1) is 0 Å². The van der Waals surface area contributed by atoms with E-state index in [1.54, 1.807) is 9.80 Å². The second-order valence-electron chi connectivity index (χ2n) is 6.81. The molecule has 2 saturated heterocycles. The molecule has 0 aromatic heterocycles. The van der Waals surface area contributed by atoms with Gasteiger partial charge >= 0.3 is 6.09 Å². The van der Waals surface area contributed by atoms with Gasteiger partial charge in [0.05, 0.1) is 19.0 Å². The maximum atomic E-state index is 12.3. The van der Waals surface area contributed by atoms with Gasteiger partial charge in [0.2, 0.25) is 5.91 Å². The predicted molar refractivity (Wildman–Crippen MR) is 76.8 cm³/mol. The number of carbonyl (C=O) groups excluding carboxylic acids is 3. The Hall–Kier alpha value is -1.59. The molecule has 0 aromatic carbocycles. The number of hydrogen-bond acceptors (Lipinski definition) is 4. The van der Waals surface area contributed by atoms with E-state index in [0.717, 1.165) is 19.3 Å². The summed E-state index contributed by atoms with van der Waals surface area (Å²) in [6, 6.07) is -0.0524. The Morgan fingerprint density at radius 3 is 2.57 bits per heavy atom. The molecule has 0 N–H and O–H groups in total. The summed E-state index contributed by atoms with van der Waals surface area (Å²) < 4.78 is 5.44. The molecule has 2 heterocycles. The van der Waals surface area contributed by atoms with Gasteiger partial charge in [0.15, 0.2) is 5.78 Å². The molecule has 0 aliphatic carbocycles. The average molecular weight is 296 g/mol. The van der Waals surface area contributed by atoms with Crippen molar-refractivity contribution in [3.8, 4) is 0 Å². The van der Waals surface area contributed by atoms with Crippen molar-refractivity contribution < 1.29 is 19.1 Å². The number of piperidine rings is 1. The lowest BCUT2D eigenvalue weighted by atomic mass is 10.0.